The van der Waals surface area contributed by atoms with Crippen LogP contribution in [0.25, 0.3) is 0 Å². The highest BCUT2D eigenvalue weighted by atomic mass is 16.2. The van der Waals surface area contributed by atoms with Crippen molar-refractivity contribution >= 4 is 18.0 Å². The highest BCUT2D eigenvalue weighted by molar-refractivity contribution is 5.60. The fourth-order valence-electron chi connectivity index (χ4n) is 3.45. The van der Waals surface area contributed by atoms with Crippen molar-refractivity contribution in [3.8, 4) is 0 Å². The predicted molar refractivity (Wildman–Crippen MR) is 158 cm³/mol. The molecule has 0 aromatic carbocycles. The van der Waals surface area contributed by atoms with Crippen molar-refractivity contribution in [2.45, 2.75) is 48.5 Å². The van der Waals surface area contributed by atoms with Crippen molar-refractivity contribution in [3.05, 3.63) is 70.7 Å². The number of pyridine rings is 1. The average Bonchev–Trinajstić information content (AvgIpc) is 2.87. The number of nitrogens with zero attached hydrogens (tertiary/aromatic N) is 9. The molecule has 214 valence electrons. The zero-order valence-corrected chi connectivity index (χ0v) is 25.8. The minimum atomic E-state index is -0.329. The summed E-state index contributed by atoms with van der Waals surface area (Å²) in [6, 6.07) is 0. The van der Waals surface area contributed by atoms with Gasteiger partial charge in [0.15, 0.2) is 11.6 Å². The minimum absolute atomic E-state index is 0.121. The highest BCUT2D eigenvalue weighted by Gasteiger charge is 2.08. The van der Waals surface area contributed by atoms with E-state index in [-0.39, 0.29) is 16.9 Å². The zero-order chi connectivity index (χ0) is 30.4. The molecule has 0 aliphatic heterocycles. The molecule has 0 fully saturated rings. The van der Waals surface area contributed by atoms with Gasteiger partial charge in [0.2, 0.25) is 0 Å². The van der Waals surface area contributed by atoms with Crippen LogP contribution in [0.5, 0.6) is 0 Å². The van der Waals surface area contributed by atoms with Crippen molar-refractivity contribution < 1.29 is 0 Å². The highest BCUT2D eigenvalue weighted by Crippen LogP contribution is 2.15. The monoisotopic (exact) mass is 541 g/mol. The zero-order valence-electron chi connectivity index (χ0n) is 25.8. The molecule has 39 heavy (non-hydrogen) atoms. The molecule has 0 N–H and O–H groups in total. The van der Waals surface area contributed by atoms with Crippen molar-refractivity contribution in [1.29, 1.82) is 0 Å². The number of hydrogen-bond acceptors (Lipinski definition) is 8. The van der Waals surface area contributed by atoms with Gasteiger partial charge in [-0.25, -0.2) is 19.3 Å². The van der Waals surface area contributed by atoms with Gasteiger partial charge in [0.1, 0.15) is 5.69 Å². The maximum absolute atomic E-state index is 11.5. The first-order valence-electron chi connectivity index (χ1n) is 12.4. The fraction of sp³-hybridized carbons (Fsp3) is 0.519. The Hall–Kier alpha value is -4.09. The first-order valence-corrected chi connectivity index (χ1v) is 12.4. The molecular weight excluding hydrogens is 498 g/mol. The number of aryl methyl sites for hydroxylation is 2. The lowest BCUT2D eigenvalue weighted by Gasteiger charge is -2.12. The average molecular weight is 542 g/mol. The van der Waals surface area contributed by atoms with Gasteiger partial charge in [-0.15, -0.1) is 0 Å². The molecule has 0 unspecified atom stereocenters. The molecule has 3 rings (SSSR count). The molecule has 0 aliphatic rings. The topological polar surface area (TPSA) is 124 Å². The van der Waals surface area contributed by atoms with Gasteiger partial charge in [-0.3, -0.25) is 9.36 Å². The Labute approximate surface area is 230 Å². The summed E-state index contributed by atoms with van der Waals surface area (Å²) in [5.74, 6) is 1.11. The Bertz CT molecular complexity index is 1500. The molecule has 12 nitrogen and oxygen atoms in total. The third-order valence-electron chi connectivity index (χ3n) is 6.60. The lowest BCUT2D eigenvalue weighted by Crippen LogP contribution is -2.27. The van der Waals surface area contributed by atoms with Crippen LogP contribution in [-0.2, 0) is 21.1 Å². The van der Waals surface area contributed by atoms with Crippen LogP contribution in [0.2, 0.25) is 0 Å². The number of aliphatic imine (C=N–C) groups is 1. The van der Waals surface area contributed by atoms with Gasteiger partial charge in [0, 0.05) is 71.8 Å². The van der Waals surface area contributed by atoms with Crippen LogP contribution >= 0.6 is 0 Å². The summed E-state index contributed by atoms with van der Waals surface area (Å²) in [5, 5.41) is 3.99. The van der Waals surface area contributed by atoms with E-state index in [0.717, 1.165) is 33.8 Å². The smallest absolute Gasteiger partial charge is 0.365 e. The summed E-state index contributed by atoms with van der Waals surface area (Å²) < 4.78 is 4.45. The lowest BCUT2D eigenvalue weighted by atomic mass is 10.0. The van der Waals surface area contributed by atoms with Crippen LogP contribution < -0.4 is 21.8 Å². The van der Waals surface area contributed by atoms with Gasteiger partial charge in [-0.05, 0) is 59.6 Å². The van der Waals surface area contributed by atoms with Crippen molar-refractivity contribution in [2.75, 3.05) is 33.1 Å². The summed E-state index contributed by atoms with van der Waals surface area (Å²) in [4.78, 5) is 49.4. The number of rotatable bonds is 3. The molecule has 3 heterocycles. The van der Waals surface area contributed by atoms with Crippen molar-refractivity contribution in [3.63, 3.8) is 0 Å². The quantitative estimate of drug-likeness (QED) is 0.363. The molecule has 0 spiro atoms. The van der Waals surface area contributed by atoms with E-state index >= 15 is 0 Å². The second kappa shape index (κ2) is 13.6. The van der Waals surface area contributed by atoms with E-state index in [1.165, 1.54) is 14.8 Å². The van der Waals surface area contributed by atoms with Crippen LogP contribution in [0, 0.1) is 48.5 Å². The fourth-order valence-corrected chi connectivity index (χ4v) is 3.45. The summed E-state index contributed by atoms with van der Waals surface area (Å²) in [7, 11) is 12.5. The Morgan fingerprint density at radius 1 is 0.692 bits per heavy atom. The van der Waals surface area contributed by atoms with Gasteiger partial charge in [0.25, 0.3) is 5.56 Å². The number of hydrogen-bond donors (Lipinski definition) is 0. The van der Waals surface area contributed by atoms with E-state index in [1.807, 2.05) is 76.8 Å². The van der Waals surface area contributed by atoms with Gasteiger partial charge in [0.05, 0.1) is 6.34 Å². The van der Waals surface area contributed by atoms with E-state index < -0.39 is 0 Å². The maximum atomic E-state index is 11.5. The summed E-state index contributed by atoms with van der Waals surface area (Å²) in [6.07, 6.45) is 1.63. The van der Waals surface area contributed by atoms with E-state index in [4.69, 9.17) is 0 Å². The predicted octanol–water partition coefficient (Wildman–Crippen LogP) is 1.79. The molecule has 0 saturated carbocycles. The Kier molecular flexibility index (Phi) is 11.5. The van der Waals surface area contributed by atoms with Gasteiger partial charge < -0.3 is 14.4 Å². The van der Waals surface area contributed by atoms with Crippen molar-refractivity contribution in [2.24, 2.45) is 26.1 Å². The summed E-state index contributed by atoms with van der Waals surface area (Å²) in [6.45, 7) is 13.5. The number of aromatic nitrogens is 6. The Morgan fingerprint density at radius 2 is 1.23 bits per heavy atom. The summed E-state index contributed by atoms with van der Waals surface area (Å²) >= 11 is 0. The van der Waals surface area contributed by atoms with E-state index in [2.05, 4.69) is 27.0 Å². The first-order chi connectivity index (χ1) is 17.9. The molecule has 3 aromatic heterocycles. The molecule has 0 atom stereocenters. The molecule has 3 aromatic rings. The second-order valence-corrected chi connectivity index (χ2v) is 9.84. The van der Waals surface area contributed by atoms with E-state index in [0.29, 0.717) is 11.6 Å². The van der Waals surface area contributed by atoms with Crippen LogP contribution in [0.15, 0.2) is 19.4 Å². The van der Waals surface area contributed by atoms with E-state index in [9.17, 15) is 14.4 Å². The van der Waals surface area contributed by atoms with Gasteiger partial charge >= 0.3 is 11.4 Å². The van der Waals surface area contributed by atoms with Crippen molar-refractivity contribution in [1.82, 2.24) is 33.8 Å². The molecule has 0 aliphatic carbocycles. The van der Waals surface area contributed by atoms with E-state index in [1.54, 1.807) is 34.8 Å². The van der Waals surface area contributed by atoms with Gasteiger partial charge in [-0.2, -0.15) is 15.1 Å². The molecule has 0 bridgehead atoms. The number of anilines is 1. The van der Waals surface area contributed by atoms with Crippen LogP contribution in [0.4, 0.5) is 11.6 Å². The van der Waals surface area contributed by atoms with Crippen LogP contribution in [0.3, 0.4) is 0 Å². The maximum Gasteiger partial charge on any atom is 0.365 e. The second-order valence-electron chi connectivity index (χ2n) is 9.84. The molecule has 0 radical (unpaired) electrons. The summed E-state index contributed by atoms with van der Waals surface area (Å²) in [5.41, 5.74) is 6.34. The third-order valence-corrected chi connectivity index (χ3v) is 6.60. The molecule has 12 heteroatoms. The van der Waals surface area contributed by atoms with Crippen LogP contribution in [0.1, 0.15) is 39.3 Å². The Balaban J connectivity index is 0.000000295. The minimum Gasteiger partial charge on any atom is -0.369 e. The normalized spacial score (nSPS) is 10.5. The largest absolute Gasteiger partial charge is 0.369 e. The van der Waals surface area contributed by atoms with Gasteiger partial charge in [-0.1, -0.05) is 0 Å². The SMILES string of the molecule is Cc1c(C)c(C)n(C)c(=O)c1C.Cc1c(N=CN(C)C)nc(=O)n(C)c1C.Cc1nn(C)c(=O)nc1N(C)C. The van der Waals surface area contributed by atoms with Crippen LogP contribution in [-0.4, -0.2) is 68.3 Å². The first kappa shape index (κ1) is 32.9. The standard InChI is InChI=1S/C10H16N4O.C10H15NO.C7H12N4O/c1-7-8(2)14(5)10(15)12-9(7)11-6-13(3)4;1-6-7(2)9(4)11(5)10(12)8(6)3;1-5-6(10(2)3)8-7(12)11(4)9-5/h6H,1-5H3;1-5H3;1-4H3. The Morgan fingerprint density at radius 3 is 1.74 bits per heavy atom. The molecule has 0 saturated heterocycles. The molecule has 0 amide bonds. The lowest BCUT2D eigenvalue weighted by molar-refractivity contribution is 0.642. The molecular formula is C27H43N9O3. The third kappa shape index (κ3) is 8.20.